The van der Waals surface area contributed by atoms with Crippen LogP contribution in [-0.4, -0.2) is 59.6 Å². The summed E-state index contributed by atoms with van der Waals surface area (Å²) in [5.74, 6) is 0.284. The SMILES string of the molecule is CC(=O)c1ccc(N2CCN(C(=O)CCC3=NC(=O)C4C(=N3)SC3=C4CCCCC3)CC2)cc1. The molecule has 4 aliphatic rings. The Balaban J connectivity index is 1.13. The van der Waals surface area contributed by atoms with Gasteiger partial charge in [0.15, 0.2) is 5.78 Å². The Morgan fingerprint density at radius 2 is 1.74 bits per heavy atom. The van der Waals surface area contributed by atoms with Crippen LogP contribution in [-0.2, 0) is 9.59 Å². The van der Waals surface area contributed by atoms with Gasteiger partial charge in [0.2, 0.25) is 5.91 Å². The molecule has 0 saturated carbocycles. The maximum atomic E-state index is 12.8. The van der Waals surface area contributed by atoms with Crippen LogP contribution in [0.3, 0.4) is 0 Å². The number of amides is 2. The Morgan fingerprint density at radius 3 is 2.47 bits per heavy atom. The summed E-state index contributed by atoms with van der Waals surface area (Å²) < 4.78 is 0. The first-order chi connectivity index (χ1) is 16.5. The minimum Gasteiger partial charge on any atom is -0.368 e. The van der Waals surface area contributed by atoms with E-state index < -0.39 is 0 Å². The van der Waals surface area contributed by atoms with Crippen LogP contribution in [0.15, 0.2) is 44.7 Å². The van der Waals surface area contributed by atoms with E-state index in [2.05, 4.69) is 9.89 Å². The largest absolute Gasteiger partial charge is 0.368 e. The third kappa shape index (κ3) is 4.73. The average molecular weight is 479 g/mol. The number of hydrogen-bond acceptors (Lipinski definition) is 6. The molecule has 1 saturated heterocycles. The van der Waals surface area contributed by atoms with Crippen LogP contribution in [0, 0.1) is 5.92 Å². The number of ketones is 1. The standard InChI is InChI=1S/C26H30N4O3S/c1-17(31)18-7-9-19(10-8-18)29-13-15-30(16-14-29)23(32)12-11-22-27-25(33)24-20-5-3-2-4-6-21(20)34-26(24)28-22/h7-10,24H,2-6,11-16H2,1H3. The van der Waals surface area contributed by atoms with Crippen molar-refractivity contribution < 1.29 is 14.4 Å². The van der Waals surface area contributed by atoms with Gasteiger partial charge in [0.05, 0.1) is 5.04 Å². The third-order valence-corrected chi connectivity index (χ3v) is 8.34. The number of carbonyl (C=O) groups is 3. The second kappa shape index (κ2) is 9.86. The Bertz CT molecular complexity index is 1100. The highest BCUT2D eigenvalue weighted by Gasteiger charge is 2.40. The van der Waals surface area contributed by atoms with Gasteiger partial charge >= 0.3 is 0 Å². The van der Waals surface area contributed by atoms with Crippen LogP contribution < -0.4 is 4.90 Å². The lowest BCUT2D eigenvalue weighted by molar-refractivity contribution is -0.131. The van der Waals surface area contributed by atoms with Gasteiger partial charge < -0.3 is 9.80 Å². The van der Waals surface area contributed by atoms with Crippen molar-refractivity contribution in [3.05, 3.63) is 40.3 Å². The van der Waals surface area contributed by atoms with Crippen LogP contribution in [0.4, 0.5) is 5.69 Å². The van der Waals surface area contributed by atoms with Gasteiger partial charge in [-0.2, -0.15) is 4.99 Å². The Morgan fingerprint density at radius 1 is 1.00 bits per heavy atom. The average Bonchev–Trinajstić information content (AvgIpc) is 3.04. The van der Waals surface area contributed by atoms with Crippen LogP contribution in [0.1, 0.15) is 62.2 Å². The molecule has 1 aromatic carbocycles. The molecular weight excluding hydrogens is 448 g/mol. The molecule has 0 aromatic heterocycles. The molecule has 5 rings (SSSR count). The van der Waals surface area contributed by atoms with Gasteiger partial charge in [0, 0.05) is 50.3 Å². The first-order valence-electron chi connectivity index (χ1n) is 12.2. The van der Waals surface area contributed by atoms with Gasteiger partial charge in [-0.3, -0.25) is 14.4 Å². The highest BCUT2D eigenvalue weighted by atomic mass is 32.2. The molecule has 178 valence electrons. The summed E-state index contributed by atoms with van der Waals surface area (Å²) in [4.78, 5) is 51.5. The number of allylic oxidation sites excluding steroid dienone is 1. The number of aliphatic imine (C=N–C) groups is 2. The van der Waals surface area contributed by atoms with E-state index in [1.54, 1.807) is 18.7 Å². The minimum absolute atomic E-state index is 0.0599. The molecular formula is C26H30N4O3S. The summed E-state index contributed by atoms with van der Waals surface area (Å²) in [5, 5.41) is 0.874. The lowest BCUT2D eigenvalue weighted by atomic mass is 9.94. The van der Waals surface area contributed by atoms with Gasteiger partial charge in [0.25, 0.3) is 5.91 Å². The monoisotopic (exact) mass is 478 g/mol. The van der Waals surface area contributed by atoms with Crippen molar-refractivity contribution in [3.63, 3.8) is 0 Å². The maximum absolute atomic E-state index is 12.8. The molecule has 1 atom stereocenters. The minimum atomic E-state index is -0.254. The van der Waals surface area contributed by atoms with E-state index in [-0.39, 0.29) is 23.5 Å². The number of amidine groups is 1. The molecule has 3 aliphatic heterocycles. The fourth-order valence-corrected chi connectivity index (χ4v) is 6.49. The molecule has 7 nitrogen and oxygen atoms in total. The quantitative estimate of drug-likeness (QED) is 0.592. The van der Waals surface area contributed by atoms with E-state index in [4.69, 9.17) is 4.99 Å². The number of benzene rings is 1. The molecule has 2 amide bonds. The molecule has 34 heavy (non-hydrogen) atoms. The molecule has 0 bridgehead atoms. The molecule has 1 aliphatic carbocycles. The second-order valence-electron chi connectivity index (χ2n) is 9.33. The molecule has 1 aromatic rings. The highest BCUT2D eigenvalue weighted by molar-refractivity contribution is 8.17. The van der Waals surface area contributed by atoms with Crippen molar-refractivity contribution >= 4 is 45.9 Å². The molecule has 3 heterocycles. The van der Waals surface area contributed by atoms with Crippen LogP contribution >= 0.6 is 11.8 Å². The first-order valence-corrected chi connectivity index (χ1v) is 13.0. The van der Waals surface area contributed by atoms with Gasteiger partial charge in [-0.25, -0.2) is 4.99 Å². The number of piperazine rings is 1. The zero-order chi connectivity index (χ0) is 23.7. The number of nitrogens with zero attached hydrogens (tertiary/aromatic N) is 4. The summed E-state index contributed by atoms with van der Waals surface area (Å²) in [6, 6.07) is 7.63. The van der Waals surface area contributed by atoms with Gasteiger partial charge in [0.1, 0.15) is 11.8 Å². The first kappa shape index (κ1) is 23.0. The summed E-state index contributed by atoms with van der Waals surface area (Å²) in [7, 11) is 0. The normalized spacial score (nSPS) is 22.6. The van der Waals surface area contributed by atoms with E-state index in [9.17, 15) is 14.4 Å². The Hall–Kier alpha value is -2.74. The van der Waals surface area contributed by atoms with E-state index in [0.717, 1.165) is 43.1 Å². The van der Waals surface area contributed by atoms with Gasteiger partial charge in [-0.15, -0.1) is 0 Å². The van der Waals surface area contributed by atoms with E-state index >= 15 is 0 Å². The number of hydrogen-bond donors (Lipinski definition) is 0. The van der Waals surface area contributed by atoms with Gasteiger partial charge in [-0.1, -0.05) is 18.2 Å². The predicted molar refractivity (Wildman–Crippen MR) is 136 cm³/mol. The summed E-state index contributed by atoms with van der Waals surface area (Å²) >= 11 is 1.67. The van der Waals surface area contributed by atoms with E-state index in [1.165, 1.54) is 23.3 Å². The lowest BCUT2D eigenvalue weighted by Gasteiger charge is -2.36. The molecule has 0 spiro atoms. The second-order valence-corrected chi connectivity index (χ2v) is 10.4. The van der Waals surface area contributed by atoms with Crippen LogP contribution in [0.25, 0.3) is 0 Å². The zero-order valence-electron chi connectivity index (χ0n) is 19.6. The van der Waals surface area contributed by atoms with Crippen LogP contribution in [0.2, 0.25) is 0 Å². The van der Waals surface area contributed by atoms with E-state index in [0.29, 0.717) is 37.3 Å². The summed E-state index contributed by atoms with van der Waals surface area (Å²) in [6.07, 6.45) is 6.28. The van der Waals surface area contributed by atoms with Crippen molar-refractivity contribution in [1.29, 1.82) is 0 Å². The number of carbonyl (C=O) groups excluding carboxylic acids is 3. The number of rotatable bonds is 5. The van der Waals surface area contributed by atoms with Crippen molar-refractivity contribution in [2.75, 3.05) is 31.1 Å². The maximum Gasteiger partial charge on any atom is 0.261 e. The zero-order valence-corrected chi connectivity index (χ0v) is 20.4. The highest BCUT2D eigenvalue weighted by Crippen LogP contribution is 2.46. The van der Waals surface area contributed by atoms with Crippen molar-refractivity contribution in [2.24, 2.45) is 15.9 Å². The fraction of sp³-hybridized carbons (Fsp3) is 0.500. The van der Waals surface area contributed by atoms with Crippen LogP contribution in [0.5, 0.6) is 0 Å². The predicted octanol–water partition coefficient (Wildman–Crippen LogP) is 4.24. The number of thioether (sulfide) groups is 1. The van der Waals surface area contributed by atoms with Gasteiger partial charge in [-0.05, 0) is 67.4 Å². The molecule has 0 radical (unpaired) electrons. The Labute approximate surface area is 204 Å². The number of anilines is 1. The topological polar surface area (TPSA) is 82.4 Å². The summed E-state index contributed by atoms with van der Waals surface area (Å²) in [6.45, 7) is 4.38. The van der Waals surface area contributed by atoms with Crippen molar-refractivity contribution in [2.45, 2.75) is 51.9 Å². The fourth-order valence-electron chi connectivity index (χ4n) is 5.13. The van der Waals surface area contributed by atoms with E-state index in [1.807, 2.05) is 29.2 Å². The van der Waals surface area contributed by atoms with Crippen molar-refractivity contribution in [3.8, 4) is 0 Å². The lowest BCUT2D eigenvalue weighted by Crippen LogP contribution is -2.48. The smallest absolute Gasteiger partial charge is 0.261 e. The summed E-state index contributed by atoms with van der Waals surface area (Å²) in [5.41, 5.74) is 3.02. The molecule has 1 fully saturated rings. The molecule has 1 unspecified atom stereocenters. The molecule has 8 heteroatoms. The number of Topliss-reactive ketones (excluding diaryl/α,β-unsaturated/α-hetero) is 1. The third-order valence-electron chi connectivity index (χ3n) is 7.09. The number of fused-ring (bicyclic) bond motifs is 2. The molecule has 0 N–H and O–H groups in total. The Kier molecular flexibility index (Phi) is 6.68. The van der Waals surface area contributed by atoms with Crippen molar-refractivity contribution in [1.82, 2.24) is 4.90 Å².